The van der Waals surface area contributed by atoms with Crippen molar-refractivity contribution in [2.24, 2.45) is 4.99 Å². The SMILES string of the molecule is CC(Cc1ccccc1)=Nc1ccccc1. The Balaban J connectivity index is 2.09. The van der Waals surface area contributed by atoms with E-state index in [2.05, 4.69) is 36.2 Å². The predicted molar refractivity (Wildman–Crippen MR) is 69.4 cm³/mol. The van der Waals surface area contributed by atoms with Crippen LogP contribution < -0.4 is 0 Å². The van der Waals surface area contributed by atoms with Crippen LogP contribution in [0.3, 0.4) is 0 Å². The van der Waals surface area contributed by atoms with Crippen LogP contribution in [-0.2, 0) is 6.42 Å². The molecule has 0 bridgehead atoms. The molecule has 0 radical (unpaired) electrons. The lowest BCUT2D eigenvalue weighted by atomic mass is 10.1. The first-order valence-corrected chi connectivity index (χ1v) is 5.48. The predicted octanol–water partition coefficient (Wildman–Crippen LogP) is 4.02. The average molecular weight is 209 g/mol. The molecule has 2 aromatic rings. The van der Waals surface area contributed by atoms with Crippen LogP contribution in [0.15, 0.2) is 65.7 Å². The van der Waals surface area contributed by atoms with Crippen LogP contribution in [0.2, 0.25) is 0 Å². The Kier molecular flexibility index (Phi) is 3.50. The maximum absolute atomic E-state index is 4.57. The van der Waals surface area contributed by atoms with Crippen molar-refractivity contribution in [3.8, 4) is 0 Å². The first kappa shape index (κ1) is 10.6. The van der Waals surface area contributed by atoms with E-state index in [0.717, 1.165) is 17.8 Å². The average Bonchev–Trinajstić information content (AvgIpc) is 2.31. The zero-order chi connectivity index (χ0) is 11.2. The zero-order valence-electron chi connectivity index (χ0n) is 9.43. The van der Waals surface area contributed by atoms with Crippen molar-refractivity contribution in [2.45, 2.75) is 13.3 Å². The van der Waals surface area contributed by atoms with Gasteiger partial charge >= 0.3 is 0 Å². The Labute approximate surface area is 96.5 Å². The highest BCUT2D eigenvalue weighted by atomic mass is 14.7. The summed E-state index contributed by atoms with van der Waals surface area (Å²) in [4.78, 5) is 4.57. The van der Waals surface area contributed by atoms with Crippen molar-refractivity contribution in [1.29, 1.82) is 0 Å². The lowest BCUT2D eigenvalue weighted by Crippen LogP contribution is -1.96. The normalized spacial score (nSPS) is 11.4. The second-order valence-electron chi connectivity index (χ2n) is 3.85. The summed E-state index contributed by atoms with van der Waals surface area (Å²) in [5.41, 5.74) is 3.47. The van der Waals surface area contributed by atoms with Gasteiger partial charge in [0.15, 0.2) is 0 Å². The first-order chi connectivity index (χ1) is 7.84. The maximum atomic E-state index is 4.57. The van der Waals surface area contributed by atoms with E-state index >= 15 is 0 Å². The molecule has 0 spiro atoms. The van der Waals surface area contributed by atoms with Gasteiger partial charge in [0.25, 0.3) is 0 Å². The molecule has 0 aliphatic heterocycles. The fraction of sp³-hybridized carbons (Fsp3) is 0.133. The molecule has 16 heavy (non-hydrogen) atoms. The highest BCUT2D eigenvalue weighted by molar-refractivity contribution is 5.86. The summed E-state index contributed by atoms with van der Waals surface area (Å²) in [6.45, 7) is 2.07. The standard InChI is InChI=1S/C15H15N/c1-13(12-14-8-4-2-5-9-14)16-15-10-6-3-7-11-15/h2-11H,12H2,1H3. The molecule has 0 fully saturated rings. The maximum Gasteiger partial charge on any atom is 0.0629 e. The van der Waals surface area contributed by atoms with E-state index in [-0.39, 0.29) is 0 Å². The third kappa shape index (κ3) is 3.06. The minimum absolute atomic E-state index is 0.912. The quantitative estimate of drug-likeness (QED) is 0.677. The van der Waals surface area contributed by atoms with E-state index < -0.39 is 0 Å². The molecule has 0 N–H and O–H groups in total. The fourth-order valence-electron chi connectivity index (χ4n) is 1.65. The van der Waals surface area contributed by atoms with Crippen molar-refractivity contribution < 1.29 is 0 Å². The molecular weight excluding hydrogens is 194 g/mol. The summed E-state index contributed by atoms with van der Waals surface area (Å²) in [6, 6.07) is 20.5. The number of para-hydroxylation sites is 1. The van der Waals surface area contributed by atoms with E-state index in [1.54, 1.807) is 0 Å². The van der Waals surface area contributed by atoms with E-state index in [4.69, 9.17) is 0 Å². The van der Waals surface area contributed by atoms with Crippen LogP contribution in [0.4, 0.5) is 5.69 Å². The van der Waals surface area contributed by atoms with Gasteiger partial charge in [-0.25, -0.2) is 0 Å². The number of nitrogens with zero attached hydrogens (tertiary/aromatic N) is 1. The van der Waals surface area contributed by atoms with E-state index in [1.165, 1.54) is 5.56 Å². The van der Waals surface area contributed by atoms with Gasteiger partial charge in [-0.1, -0.05) is 48.5 Å². The lowest BCUT2D eigenvalue weighted by Gasteiger charge is -2.01. The Morgan fingerprint density at radius 3 is 2.06 bits per heavy atom. The van der Waals surface area contributed by atoms with Crippen molar-refractivity contribution in [3.05, 3.63) is 66.2 Å². The van der Waals surface area contributed by atoms with Crippen LogP contribution in [0, 0.1) is 0 Å². The van der Waals surface area contributed by atoms with Crippen LogP contribution in [0.5, 0.6) is 0 Å². The van der Waals surface area contributed by atoms with Crippen molar-refractivity contribution in [2.75, 3.05) is 0 Å². The van der Waals surface area contributed by atoms with Crippen LogP contribution in [0.1, 0.15) is 12.5 Å². The highest BCUT2D eigenvalue weighted by Gasteiger charge is 1.95. The first-order valence-electron chi connectivity index (χ1n) is 5.48. The Hall–Kier alpha value is -1.89. The van der Waals surface area contributed by atoms with Gasteiger partial charge in [-0.05, 0) is 24.6 Å². The molecule has 2 rings (SSSR count). The van der Waals surface area contributed by atoms with E-state index in [0.29, 0.717) is 0 Å². The monoisotopic (exact) mass is 209 g/mol. The number of benzene rings is 2. The van der Waals surface area contributed by atoms with Gasteiger partial charge < -0.3 is 0 Å². The molecule has 0 amide bonds. The third-order valence-electron chi connectivity index (χ3n) is 2.38. The summed E-state index contributed by atoms with van der Waals surface area (Å²) >= 11 is 0. The summed E-state index contributed by atoms with van der Waals surface area (Å²) in [5.74, 6) is 0. The van der Waals surface area contributed by atoms with Gasteiger partial charge in [0.05, 0.1) is 5.69 Å². The minimum atomic E-state index is 0.912. The Morgan fingerprint density at radius 1 is 0.875 bits per heavy atom. The smallest absolute Gasteiger partial charge is 0.0629 e. The number of rotatable bonds is 3. The molecule has 2 aromatic carbocycles. The second kappa shape index (κ2) is 5.26. The topological polar surface area (TPSA) is 12.4 Å². The summed E-state index contributed by atoms with van der Waals surface area (Å²) in [7, 11) is 0. The van der Waals surface area contributed by atoms with Crippen molar-refractivity contribution in [3.63, 3.8) is 0 Å². The molecule has 0 heterocycles. The van der Waals surface area contributed by atoms with E-state index in [9.17, 15) is 0 Å². The molecule has 0 unspecified atom stereocenters. The molecule has 0 saturated carbocycles. The largest absolute Gasteiger partial charge is 0.258 e. The highest BCUT2D eigenvalue weighted by Crippen LogP contribution is 2.11. The molecular formula is C15H15N. The molecule has 0 saturated heterocycles. The van der Waals surface area contributed by atoms with Crippen LogP contribution in [-0.4, -0.2) is 5.71 Å². The fourth-order valence-corrected chi connectivity index (χ4v) is 1.65. The van der Waals surface area contributed by atoms with Gasteiger partial charge in [-0.15, -0.1) is 0 Å². The molecule has 0 aromatic heterocycles. The van der Waals surface area contributed by atoms with Gasteiger partial charge in [-0.2, -0.15) is 0 Å². The summed E-state index contributed by atoms with van der Waals surface area (Å²) < 4.78 is 0. The van der Waals surface area contributed by atoms with Crippen LogP contribution >= 0.6 is 0 Å². The molecule has 80 valence electrons. The van der Waals surface area contributed by atoms with Gasteiger partial charge in [0.2, 0.25) is 0 Å². The molecule has 0 atom stereocenters. The van der Waals surface area contributed by atoms with Gasteiger partial charge in [-0.3, -0.25) is 4.99 Å². The number of aliphatic imine (C=N–C) groups is 1. The summed E-state index contributed by atoms with van der Waals surface area (Å²) in [5, 5.41) is 0. The summed E-state index contributed by atoms with van der Waals surface area (Å²) in [6.07, 6.45) is 0.912. The zero-order valence-corrected chi connectivity index (χ0v) is 9.43. The molecule has 1 heteroatoms. The molecule has 0 aliphatic carbocycles. The molecule has 1 nitrogen and oxygen atoms in total. The van der Waals surface area contributed by atoms with E-state index in [1.807, 2.05) is 36.4 Å². The third-order valence-corrected chi connectivity index (χ3v) is 2.38. The number of hydrogen-bond donors (Lipinski definition) is 0. The lowest BCUT2D eigenvalue weighted by molar-refractivity contribution is 1.29. The Bertz CT molecular complexity index is 457. The van der Waals surface area contributed by atoms with Gasteiger partial charge in [0, 0.05) is 12.1 Å². The minimum Gasteiger partial charge on any atom is -0.258 e. The second-order valence-corrected chi connectivity index (χ2v) is 3.85. The number of hydrogen-bond acceptors (Lipinski definition) is 1. The Morgan fingerprint density at radius 2 is 1.44 bits per heavy atom. The van der Waals surface area contributed by atoms with Gasteiger partial charge in [0.1, 0.15) is 0 Å². The van der Waals surface area contributed by atoms with Crippen LogP contribution in [0.25, 0.3) is 0 Å². The van der Waals surface area contributed by atoms with Crippen molar-refractivity contribution in [1.82, 2.24) is 0 Å². The molecule has 0 aliphatic rings. The van der Waals surface area contributed by atoms with Crippen molar-refractivity contribution >= 4 is 11.4 Å².